The van der Waals surface area contributed by atoms with Gasteiger partial charge in [-0.15, -0.1) is 0 Å². The molecule has 0 aromatic heterocycles. The molecule has 18 heavy (non-hydrogen) atoms. The number of primary amides is 1. The lowest BCUT2D eigenvalue weighted by molar-refractivity contribution is 0.100. The Morgan fingerprint density at radius 1 is 1.50 bits per heavy atom. The molecular formula is C13H16BrN3O. The van der Waals surface area contributed by atoms with E-state index in [1.807, 2.05) is 6.07 Å². The highest BCUT2D eigenvalue weighted by atomic mass is 79.9. The van der Waals surface area contributed by atoms with Crippen LogP contribution in [0.25, 0.3) is 0 Å². The SMILES string of the molecule is NC(=O)c1ccc(NCC2=CCNCC2)c(Br)c1. The highest BCUT2D eigenvalue weighted by Crippen LogP contribution is 2.24. The van der Waals surface area contributed by atoms with Crippen molar-refractivity contribution in [3.05, 3.63) is 39.9 Å². The van der Waals surface area contributed by atoms with Gasteiger partial charge in [0.15, 0.2) is 0 Å². The average Bonchev–Trinajstić information content (AvgIpc) is 2.38. The van der Waals surface area contributed by atoms with Crippen LogP contribution in [0.2, 0.25) is 0 Å². The van der Waals surface area contributed by atoms with Crippen LogP contribution in [0.5, 0.6) is 0 Å². The van der Waals surface area contributed by atoms with Gasteiger partial charge >= 0.3 is 0 Å². The molecule has 1 aromatic rings. The lowest BCUT2D eigenvalue weighted by Gasteiger charge is -2.16. The van der Waals surface area contributed by atoms with Crippen LogP contribution in [-0.4, -0.2) is 25.5 Å². The van der Waals surface area contributed by atoms with Crippen LogP contribution in [0.15, 0.2) is 34.3 Å². The summed E-state index contributed by atoms with van der Waals surface area (Å²) in [6.45, 7) is 2.81. The van der Waals surface area contributed by atoms with E-state index in [0.29, 0.717) is 5.56 Å². The first kappa shape index (κ1) is 13.1. The summed E-state index contributed by atoms with van der Waals surface area (Å²) < 4.78 is 0.855. The van der Waals surface area contributed by atoms with E-state index in [2.05, 4.69) is 32.6 Å². The summed E-state index contributed by atoms with van der Waals surface area (Å²) in [5.41, 5.74) is 8.11. The first-order valence-electron chi connectivity index (χ1n) is 5.88. The Morgan fingerprint density at radius 3 is 2.94 bits per heavy atom. The second-order valence-electron chi connectivity index (χ2n) is 4.23. The van der Waals surface area contributed by atoms with E-state index >= 15 is 0 Å². The Hall–Kier alpha value is -1.33. The molecule has 0 saturated carbocycles. The molecule has 5 heteroatoms. The van der Waals surface area contributed by atoms with Gasteiger partial charge in [0.1, 0.15) is 0 Å². The standard InChI is InChI=1S/C13H16BrN3O/c14-11-7-10(13(15)18)1-2-12(11)17-8-9-3-5-16-6-4-9/h1-3,7,16-17H,4-6,8H2,(H2,15,18). The number of amides is 1. The van der Waals surface area contributed by atoms with E-state index in [1.54, 1.807) is 12.1 Å². The molecule has 1 aliphatic rings. The molecule has 0 atom stereocenters. The zero-order valence-corrected chi connectivity index (χ0v) is 11.6. The number of carbonyl (C=O) groups excluding carboxylic acids is 1. The van der Waals surface area contributed by atoms with Gasteiger partial charge in [-0.1, -0.05) is 11.6 Å². The highest BCUT2D eigenvalue weighted by molar-refractivity contribution is 9.10. The molecule has 0 aliphatic carbocycles. The monoisotopic (exact) mass is 309 g/mol. The van der Waals surface area contributed by atoms with Crippen LogP contribution in [0, 0.1) is 0 Å². The fraction of sp³-hybridized carbons (Fsp3) is 0.308. The van der Waals surface area contributed by atoms with Gasteiger partial charge in [0.2, 0.25) is 5.91 Å². The molecule has 96 valence electrons. The number of rotatable bonds is 4. The summed E-state index contributed by atoms with van der Waals surface area (Å²) >= 11 is 3.44. The van der Waals surface area contributed by atoms with Crippen molar-refractivity contribution >= 4 is 27.5 Å². The number of hydrogen-bond donors (Lipinski definition) is 3. The van der Waals surface area contributed by atoms with E-state index < -0.39 is 5.91 Å². The van der Waals surface area contributed by atoms with Gasteiger partial charge in [-0.3, -0.25) is 4.79 Å². The van der Waals surface area contributed by atoms with Crippen molar-refractivity contribution in [1.29, 1.82) is 0 Å². The van der Waals surface area contributed by atoms with Gasteiger partial charge in [0.05, 0.1) is 0 Å². The van der Waals surface area contributed by atoms with Crippen LogP contribution in [-0.2, 0) is 0 Å². The maximum atomic E-state index is 11.0. The average molecular weight is 310 g/mol. The number of anilines is 1. The summed E-state index contributed by atoms with van der Waals surface area (Å²) in [5, 5.41) is 6.63. The normalized spacial score (nSPS) is 15.1. The molecule has 0 fully saturated rings. The molecule has 4 nitrogen and oxygen atoms in total. The van der Waals surface area contributed by atoms with E-state index in [4.69, 9.17) is 5.73 Å². The van der Waals surface area contributed by atoms with Crippen molar-refractivity contribution in [1.82, 2.24) is 5.32 Å². The Labute approximate surface area is 115 Å². The molecular weight excluding hydrogens is 294 g/mol. The number of nitrogens with two attached hydrogens (primary N) is 1. The van der Waals surface area contributed by atoms with E-state index in [-0.39, 0.29) is 0 Å². The fourth-order valence-corrected chi connectivity index (χ4v) is 2.37. The number of hydrogen-bond acceptors (Lipinski definition) is 3. The van der Waals surface area contributed by atoms with Crippen molar-refractivity contribution in [2.24, 2.45) is 5.73 Å². The molecule has 0 bridgehead atoms. The molecule has 0 saturated heterocycles. The van der Waals surface area contributed by atoms with Crippen LogP contribution in [0.3, 0.4) is 0 Å². The summed E-state index contributed by atoms with van der Waals surface area (Å²) in [4.78, 5) is 11.0. The van der Waals surface area contributed by atoms with Crippen LogP contribution in [0.1, 0.15) is 16.8 Å². The van der Waals surface area contributed by atoms with Crippen LogP contribution >= 0.6 is 15.9 Å². The van der Waals surface area contributed by atoms with E-state index in [0.717, 1.165) is 36.2 Å². The number of carbonyl (C=O) groups is 1. The predicted octanol–water partition coefficient (Wildman–Crippen LogP) is 1.88. The highest BCUT2D eigenvalue weighted by Gasteiger charge is 2.07. The topological polar surface area (TPSA) is 67.2 Å². The number of nitrogens with one attached hydrogen (secondary N) is 2. The minimum Gasteiger partial charge on any atom is -0.380 e. The lowest BCUT2D eigenvalue weighted by atomic mass is 10.1. The first-order chi connectivity index (χ1) is 8.66. The lowest BCUT2D eigenvalue weighted by Crippen LogP contribution is -2.23. The van der Waals surface area contributed by atoms with Crippen molar-refractivity contribution < 1.29 is 4.79 Å². The van der Waals surface area contributed by atoms with Crippen molar-refractivity contribution in [3.63, 3.8) is 0 Å². The zero-order chi connectivity index (χ0) is 13.0. The van der Waals surface area contributed by atoms with Crippen LogP contribution in [0.4, 0.5) is 5.69 Å². The number of benzene rings is 1. The second kappa shape index (κ2) is 6.02. The Balaban J connectivity index is 2.01. The third kappa shape index (κ3) is 3.34. The molecule has 0 spiro atoms. The van der Waals surface area contributed by atoms with Gasteiger partial charge in [-0.25, -0.2) is 0 Å². The summed E-state index contributed by atoms with van der Waals surface area (Å²) in [7, 11) is 0. The molecule has 1 heterocycles. The fourth-order valence-electron chi connectivity index (χ4n) is 1.85. The molecule has 1 aliphatic heterocycles. The predicted molar refractivity (Wildman–Crippen MR) is 76.7 cm³/mol. The maximum Gasteiger partial charge on any atom is 0.248 e. The van der Waals surface area contributed by atoms with E-state index in [9.17, 15) is 4.79 Å². The van der Waals surface area contributed by atoms with Crippen LogP contribution < -0.4 is 16.4 Å². The third-order valence-corrected chi connectivity index (χ3v) is 3.57. The summed E-state index contributed by atoms with van der Waals surface area (Å²) in [6, 6.07) is 5.33. The van der Waals surface area contributed by atoms with Gasteiger partial charge in [-0.05, 0) is 47.1 Å². The van der Waals surface area contributed by atoms with Gasteiger partial charge < -0.3 is 16.4 Å². The largest absolute Gasteiger partial charge is 0.380 e. The molecule has 0 radical (unpaired) electrons. The minimum absolute atomic E-state index is 0.414. The molecule has 1 aromatic carbocycles. The van der Waals surface area contributed by atoms with Crippen molar-refractivity contribution in [2.75, 3.05) is 25.0 Å². The summed E-state index contributed by atoms with van der Waals surface area (Å²) in [5.74, 6) is -0.414. The van der Waals surface area contributed by atoms with Crippen molar-refractivity contribution in [2.45, 2.75) is 6.42 Å². The minimum atomic E-state index is -0.414. The Morgan fingerprint density at radius 2 is 2.33 bits per heavy atom. The molecule has 4 N–H and O–H groups in total. The Kier molecular flexibility index (Phi) is 4.38. The first-order valence-corrected chi connectivity index (χ1v) is 6.68. The second-order valence-corrected chi connectivity index (χ2v) is 5.08. The van der Waals surface area contributed by atoms with Gasteiger partial charge in [-0.2, -0.15) is 0 Å². The Bertz CT molecular complexity index is 485. The molecule has 2 rings (SSSR count). The summed E-state index contributed by atoms with van der Waals surface area (Å²) in [6.07, 6.45) is 3.28. The van der Waals surface area contributed by atoms with E-state index in [1.165, 1.54) is 5.57 Å². The third-order valence-electron chi connectivity index (χ3n) is 2.92. The maximum absolute atomic E-state index is 11.0. The van der Waals surface area contributed by atoms with Gasteiger partial charge in [0, 0.05) is 28.8 Å². The number of halogens is 1. The zero-order valence-electron chi connectivity index (χ0n) is 10.0. The van der Waals surface area contributed by atoms with Gasteiger partial charge in [0.25, 0.3) is 0 Å². The molecule has 1 amide bonds. The van der Waals surface area contributed by atoms with Crippen molar-refractivity contribution in [3.8, 4) is 0 Å². The smallest absolute Gasteiger partial charge is 0.248 e. The quantitative estimate of drug-likeness (QED) is 0.744. The molecule has 0 unspecified atom stereocenters.